The Hall–Kier alpha value is -6.72. The van der Waals surface area contributed by atoms with Crippen molar-refractivity contribution in [2.45, 2.75) is 0 Å². The van der Waals surface area contributed by atoms with Gasteiger partial charge in [0.15, 0.2) is 17.5 Å². The zero-order valence-corrected chi connectivity index (χ0v) is 26.8. The molecule has 0 radical (unpaired) electrons. The number of hydrogen-bond donors (Lipinski definition) is 0. The highest BCUT2D eigenvalue weighted by Crippen LogP contribution is 2.39. The quantitative estimate of drug-likeness (QED) is 0.181. The van der Waals surface area contributed by atoms with Crippen LogP contribution in [0, 0.1) is 5.82 Å². The predicted molar refractivity (Wildman–Crippen MR) is 200 cm³/mol. The minimum absolute atomic E-state index is 0.299. The number of nitrogens with zero attached hydrogens (tertiary/aromatic N) is 3. The summed E-state index contributed by atoms with van der Waals surface area (Å²) in [7, 11) is 0. The van der Waals surface area contributed by atoms with Gasteiger partial charge in [-0.3, -0.25) is 0 Å². The van der Waals surface area contributed by atoms with E-state index in [2.05, 4.69) is 24.3 Å². The molecule has 2 heterocycles. The van der Waals surface area contributed by atoms with Crippen LogP contribution < -0.4 is 0 Å². The summed E-state index contributed by atoms with van der Waals surface area (Å²) in [6.45, 7) is 0. The average molecular weight is 646 g/mol. The van der Waals surface area contributed by atoms with E-state index in [1.165, 1.54) is 0 Å². The summed E-state index contributed by atoms with van der Waals surface area (Å²) in [6, 6.07) is 55.3. The molecule has 0 atom stereocenters. The highest BCUT2D eigenvalue weighted by Gasteiger charge is 2.20. The molecule has 9 aromatic rings. The van der Waals surface area contributed by atoms with Gasteiger partial charge in [-0.1, -0.05) is 146 Å². The fraction of sp³-hybridized carbons (Fsp3) is 0. The van der Waals surface area contributed by atoms with E-state index in [-0.39, 0.29) is 5.82 Å². The Morgan fingerprint density at radius 1 is 0.360 bits per heavy atom. The molecule has 0 saturated heterocycles. The molecule has 0 bridgehead atoms. The molecular weight excluding hydrogens is 618 g/mol. The number of rotatable bonds is 6. The van der Waals surface area contributed by atoms with Gasteiger partial charge in [0, 0.05) is 38.6 Å². The van der Waals surface area contributed by atoms with Crippen LogP contribution in [0.1, 0.15) is 0 Å². The third-order valence-electron chi connectivity index (χ3n) is 9.03. The van der Waals surface area contributed by atoms with Crippen LogP contribution in [0.4, 0.5) is 4.39 Å². The molecule has 0 aliphatic rings. The van der Waals surface area contributed by atoms with Gasteiger partial charge >= 0.3 is 0 Å². The maximum absolute atomic E-state index is 16.4. The van der Waals surface area contributed by atoms with E-state index >= 15 is 4.39 Å². The van der Waals surface area contributed by atoms with Crippen molar-refractivity contribution in [3.05, 3.63) is 176 Å². The fourth-order valence-electron chi connectivity index (χ4n) is 6.57. The first-order valence-electron chi connectivity index (χ1n) is 16.5. The summed E-state index contributed by atoms with van der Waals surface area (Å²) in [4.78, 5) is 15.3. The Kier molecular flexibility index (Phi) is 7.29. The number of furan rings is 1. The molecule has 4 nitrogen and oxygen atoms in total. The zero-order valence-electron chi connectivity index (χ0n) is 26.8. The normalized spacial score (nSPS) is 11.3. The van der Waals surface area contributed by atoms with Crippen LogP contribution in [0.15, 0.2) is 174 Å². The van der Waals surface area contributed by atoms with E-state index < -0.39 is 0 Å². The van der Waals surface area contributed by atoms with Gasteiger partial charge in [0.25, 0.3) is 0 Å². The Morgan fingerprint density at radius 2 is 0.840 bits per heavy atom. The number of halogens is 1. The molecule has 0 aliphatic heterocycles. The molecule has 0 spiro atoms. The Morgan fingerprint density at radius 3 is 1.48 bits per heavy atom. The van der Waals surface area contributed by atoms with Crippen molar-refractivity contribution in [3.63, 3.8) is 0 Å². The topological polar surface area (TPSA) is 51.8 Å². The first kappa shape index (κ1) is 29.4. The van der Waals surface area contributed by atoms with E-state index in [0.29, 0.717) is 34.2 Å². The second-order valence-electron chi connectivity index (χ2n) is 12.1. The molecule has 2 aromatic heterocycles. The lowest BCUT2D eigenvalue weighted by Crippen LogP contribution is -2.01. The summed E-state index contributed by atoms with van der Waals surface area (Å²) >= 11 is 0. The summed E-state index contributed by atoms with van der Waals surface area (Å²) < 4.78 is 22.7. The van der Waals surface area contributed by atoms with Crippen molar-refractivity contribution in [2.24, 2.45) is 0 Å². The molecule has 0 unspecified atom stereocenters. The number of benzene rings is 7. The summed E-state index contributed by atoms with van der Waals surface area (Å²) in [5.41, 5.74) is 8.59. The molecule has 5 heteroatoms. The number of hydrogen-bond acceptors (Lipinski definition) is 4. The maximum atomic E-state index is 16.4. The predicted octanol–water partition coefficient (Wildman–Crippen LogP) is 11.9. The lowest BCUT2D eigenvalue weighted by Gasteiger charge is -2.14. The van der Waals surface area contributed by atoms with Gasteiger partial charge in [-0.05, 0) is 46.5 Å². The maximum Gasteiger partial charge on any atom is 0.164 e. The molecule has 9 rings (SSSR count). The first-order chi connectivity index (χ1) is 24.7. The van der Waals surface area contributed by atoms with Crippen molar-refractivity contribution >= 4 is 21.9 Å². The van der Waals surface area contributed by atoms with E-state index in [1.807, 2.05) is 146 Å². The highest BCUT2D eigenvalue weighted by molar-refractivity contribution is 6.11. The molecule has 7 aromatic carbocycles. The number of para-hydroxylation sites is 1. The monoisotopic (exact) mass is 645 g/mol. The van der Waals surface area contributed by atoms with Gasteiger partial charge in [-0.25, -0.2) is 19.3 Å². The van der Waals surface area contributed by atoms with Crippen molar-refractivity contribution in [1.29, 1.82) is 0 Å². The second-order valence-corrected chi connectivity index (χ2v) is 12.1. The van der Waals surface area contributed by atoms with E-state index in [4.69, 9.17) is 19.4 Å². The van der Waals surface area contributed by atoms with Crippen molar-refractivity contribution in [1.82, 2.24) is 15.0 Å². The SMILES string of the molecule is Fc1c(-c2ccccc2)cc(-c2nc(-c3ccc(-c4ccccc4)cc3)nc(-c3cccc4oc5ccccc5c34)n2)cc1-c1ccccc1. The van der Waals surface area contributed by atoms with Gasteiger partial charge in [0.05, 0.1) is 0 Å². The van der Waals surface area contributed by atoms with Gasteiger partial charge in [0.1, 0.15) is 17.0 Å². The van der Waals surface area contributed by atoms with Gasteiger partial charge in [-0.15, -0.1) is 0 Å². The van der Waals surface area contributed by atoms with Gasteiger partial charge in [0.2, 0.25) is 0 Å². The van der Waals surface area contributed by atoms with Crippen LogP contribution in [-0.2, 0) is 0 Å². The largest absolute Gasteiger partial charge is 0.456 e. The Bertz CT molecular complexity index is 2580. The lowest BCUT2D eigenvalue weighted by atomic mass is 9.94. The average Bonchev–Trinajstić information content (AvgIpc) is 3.58. The molecule has 236 valence electrons. The van der Waals surface area contributed by atoms with Crippen molar-refractivity contribution < 1.29 is 8.81 Å². The molecule has 50 heavy (non-hydrogen) atoms. The Labute approximate surface area is 288 Å². The van der Waals surface area contributed by atoms with Gasteiger partial charge in [-0.2, -0.15) is 0 Å². The van der Waals surface area contributed by atoms with Crippen LogP contribution in [0.25, 0.3) is 89.5 Å². The molecule has 0 amide bonds. The summed E-state index contributed by atoms with van der Waals surface area (Å²) in [5, 5.41) is 1.91. The zero-order chi connectivity index (χ0) is 33.4. The van der Waals surface area contributed by atoms with Crippen LogP contribution in [-0.4, -0.2) is 15.0 Å². The highest BCUT2D eigenvalue weighted by atomic mass is 19.1. The van der Waals surface area contributed by atoms with E-state index in [9.17, 15) is 0 Å². The van der Waals surface area contributed by atoms with Crippen LogP contribution >= 0.6 is 0 Å². The van der Waals surface area contributed by atoms with E-state index in [0.717, 1.165) is 55.3 Å². The molecule has 0 fully saturated rings. The third-order valence-corrected chi connectivity index (χ3v) is 9.03. The summed E-state index contributed by atoms with van der Waals surface area (Å²) in [5.74, 6) is 1.16. The molecule has 0 saturated carbocycles. The molecule has 0 N–H and O–H groups in total. The van der Waals surface area contributed by atoms with Crippen LogP contribution in [0.2, 0.25) is 0 Å². The summed E-state index contributed by atoms with van der Waals surface area (Å²) in [6.07, 6.45) is 0. The fourth-order valence-corrected chi connectivity index (χ4v) is 6.57. The Balaban J connectivity index is 1.29. The minimum atomic E-state index is -0.299. The van der Waals surface area contributed by atoms with Crippen molar-refractivity contribution in [2.75, 3.05) is 0 Å². The van der Waals surface area contributed by atoms with Crippen LogP contribution in [0.3, 0.4) is 0 Å². The first-order valence-corrected chi connectivity index (χ1v) is 16.5. The van der Waals surface area contributed by atoms with E-state index in [1.54, 1.807) is 0 Å². The van der Waals surface area contributed by atoms with Gasteiger partial charge < -0.3 is 4.42 Å². The second kappa shape index (κ2) is 12.4. The standard InChI is InChI=1S/C45H28FN3O/c46-42-37(31-15-6-2-7-16-31)27-34(28-38(42)32-17-8-3-9-18-32)44-47-43(33-25-23-30(24-26-33)29-13-4-1-5-14-29)48-45(49-44)36-20-12-22-40-41(36)35-19-10-11-21-39(35)50-40/h1-28H. The minimum Gasteiger partial charge on any atom is -0.456 e. The third kappa shape index (κ3) is 5.31. The molecule has 0 aliphatic carbocycles. The van der Waals surface area contributed by atoms with Crippen LogP contribution in [0.5, 0.6) is 0 Å². The smallest absolute Gasteiger partial charge is 0.164 e. The molecular formula is C45H28FN3O. The number of aromatic nitrogens is 3. The lowest BCUT2D eigenvalue weighted by molar-refractivity contribution is 0.635. The van der Waals surface area contributed by atoms with Crippen molar-refractivity contribution in [3.8, 4) is 67.5 Å². The number of fused-ring (bicyclic) bond motifs is 3.